The highest BCUT2D eigenvalue weighted by Gasteiger charge is 2.22. The number of nitrogens with zero attached hydrogens (tertiary/aromatic N) is 2. The summed E-state index contributed by atoms with van der Waals surface area (Å²) in [5.41, 5.74) is 5.46. The van der Waals surface area contributed by atoms with Gasteiger partial charge in [-0.05, 0) is 25.8 Å². The Morgan fingerprint density at radius 3 is 2.55 bits per heavy atom. The molecule has 1 aliphatic carbocycles. The van der Waals surface area contributed by atoms with Crippen molar-refractivity contribution in [1.82, 2.24) is 9.80 Å². The molecule has 0 heterocycles. The van der Waals surface area contributed by atoms with E-state index in [1.807, 2.05) is 7.05 Å². The lowest BCUT2D eigenvalue weighted by Crippen LogP contribution is -2.38. The Morgan fingerprint density at radius 2 is 1.95 bits per heavy atom. The van der Waals surface area contributed by atoms with Gasteiger partial charge in [-0.3, -0.25) is 4.79 Å². The van der Waals surface area contributed by atoms with Crippen molar-refractivity contribution in [2.45, 2.75) is 51.5 Å². The zero-order valence-electron chi connectivity index (χ0n) is 13.1. The number of hydrogen-bond donors (Lipinski definition) is 1. The first-order valence-electron chi connectivity index (χ1n) is 7.62. The smallest absolute Gasteiger partial charge is 0.223 e. The van der Waals surface area contributed by atoms with Crippen LogP contribution in [0.2, 0.25) is 0 Å². The third-order valence-corrected chi connectivity index (χ3v) is 4.53. The Balaban J connectivity index is 2.27. The van der Waals surface area contributed by atoms with Gasteiger partial charge >= 0.3 is 0 Å². The minimum atomic E-state index is 0.178. The summed E-state index contributed by atoms with van der Waals surface area (Å²) in [6, 6.07) is 0.647. The van der Waals surface area contributed by atoms with Crippen LogP contribution in [0.4, 0.5) is 0 Å². The Labute approximate surface area is 128 Å². The van der Waals surface area contributed by atoms with Crippen molar-refractivity contribution in [1.29, 1.82) is 0 Å². The lowest BCUT2D eigenvalue weighted by atomic mass is 9.86. The minimum absolute atomic E-state index is 0.178. The van der Waals surface area contributed by atoms with Gasteiger partial charge < -0.3 is 15.5 Å². The van der Waals surface area contributed by atoms with Gasteiger partial charge in [-0.15, -0.1) is 0 Å². The second-order valence-electron chi connectivity index (χ2n) is 6.19. The molecule has 20 heavy (non-hydrogen) atoms. The number of carbonyl (C=O) groups is 1. The standard InChI is InChI=1S/C15H29N3OS/c1-12-5-4-6-13(11-12)17(2)10-8-15(19)18(3)9-7-14(16)20/h12-13H,4-11H2,1-3H3,(H2,16,20). The van der Waals surface area contributed by atoms with Gasteiger partial charge in [0.15, 0.2) is 0 Å². The summed E-state index contributed by atoms with van der Waals surface area (Å²) in [5.74, 6) is 0.997. The molecular weight excluding hydrogens is 270 g/mol. The Hall–Kier alpha value is -0.680. The molecule has 1 fully saturated rings. The van der Waals surface area contributed by atoms with Crippen LogP contribution in [-0.4, -0.2) is 53.9 Å². The Bertz CT molecular complexity index is 335. The normalized spacial score (nSPS) is 22.8. The van der Waals surface area contributed by atoms with Crippen molar-refractivity contribution in [2.75, 3.05) is 27.2 Å². The van der Waals surface area contributed by atoms with E-state index in [9.17, 15) is 4.79 Å². The zero-order chi connectivity index (χ0) is 15.1. The molecule has 0 saturated heterocycles. The molecule has 5 heteroatoms. The van der Waals surface area contributed by atoms with Crippen molar-refractivity contribution >= 4 is 23.1 Å². The molecule has 0 radical (unpaired) electrons. The number of thiocarbonyl (C=S) groups is 1. The fraction of sp³-hybridized carbons (Fsp3) is 0.867. The lowest BCUT2D eigenvalue weighted by molar-refractivity contribution is -0.130. The Morgan fingerprint density at radius 1 is 1.25 bits per heavy atom. The molecule has 2 N–H and O–H groups in total. The number of carbonyl (C=O) groups excluding carboxylic acids is 1. The first-order chi connectivity index (χ1) is 9.40. The number of rotatable bonds is 7. The second kappa shape index (κ2) is 8.57. The van der Waals surface area contributed by atoms with Crippen molar-refractivity contribution < 1.29 is 4.79 Å². The molecule has 2 unspecified atom stereocenters. The third-order valence-electron chi connectivity index (χ3n) is 4.33. The highest BCUT2D eigenvalue weighted by Crippen LogP contribution is 2.26. The van der Waals surface area contributed by atoms with Crippen LogP contribution >= 0.6 is 12.2 Å². The summed E-state index contributed by atoms with van der Waals surface area (Å²) < 4.78 is 0. The van der Waals surface area contributed by atoms with E-state index in [1.54, 1.807) is 4.90 Å². The highest BCUT2D eigenvalue weighted by molar-refractivity contribution is 7.80. The van der Waals surface area contributed by atoms with Crippen molar-refractivity contribution in [2.24, 2.45) is 11.7 Å². The van der Waals surface area contributed by atoms with Crippen LogP contribution in [0, 0.1) is 5.92 Å². The highest BCUT2D eigenvalue weighted by atomic mass is 32.1. The molecule has 1 saturated carbocycles. The van der Waals surface area contributed by atoms with Crippen LogP contribution in [0.1, 0.15) is 45.4 Å². The first kappa shape index (κ1) is 17.4. The summed E-state index contributed by atoms with van der Waals surface area (Å²) in [5, 5.41) is 0. The molecule has 0 spiro atoms. The molecule has 0 aliphatic heterocycles. The van der Waals surface area contributed by atoms with Gasteiger partial charge in [-0.25, -0.2) is 0 Å². The van der Waals surface area contributed by atoms with Crippen LogP contribution < -0.4 is 5.73 Å². The molecule has 0 aromatic carbocycles. The van der Waals surface area contributed by atoms with Gasteiger partial charge in [0.2, 0.25) is 5.91 Å². The topological polar surface area (TPSA) is 49.6 Å². The van der Waals surface area contributed by atoms with E-state index in [-0.39, 0.29) is 5.91 Å². The van der Waals surface area contributed by atoms with Crippen LogP contribution in [0.3, 0.4) is 0 Å². The molecule has 1 aliphatic rings. The van der Waals surface area contributed by atoms with E-state index >= 15 is 0 Å². The van der Waals surface area contributed by atoms with E-state index < -0.39 is 0 Å². The first-order valence-corrected chi connectivity index (χ1v) is 8.03. The van der Waals surface area contributed by atoms with Gasteiger partial charge in [-0.2, -0.15) is 0 Å². The van der Waals surface area contributed by atoms with Gasteiger partial charge in [0.25, 0.3) is 0 Å². The van der Waals surface area contributed by atoms with E-state index in [1.165, 1.54) is 25.7 Å². The summed E-state index contributed by atoms with van der Waals surface area (Å²) >= 11 is 4.83. The third kappa shape index (κ3) is 6.18. The molecule has 0 bridgehead atoms. The number of hydrogen-bond acceptors (Lipinski definition) is 3. The van der Waals surface area contributed by atoms with Gasteiger partial charge in [0, 0.05) is 39.0 Å². The van der Waals surface area contributed by atoms with Gasteiger partial charge in [0.05, 0.1) is 4.99 Å². The SMILES string of the molecule is CC1CCCC(N(C)CCC(=O)N(C)CCC(N)=S)C1. The molecule has 0 aromatic heterocycles. The van der Waals surface area contributed by atoms with Gasteiger partial charge in [-0.1, -0.05) is 32.0 Å². The molecule has 0 aromatic rings. The fourth-order valence-corrected chi connectivity index (χ4v) is 2.94. The van der Waals surface area contributed by atoms with Crippen molar-refractivity contribution in [3.8, 4) is 0 Å². The minimum Gasteiger partial charge on any atom is -0.393 e. The predicted octanol–water partition coefficient (Wildman–Crippen LogP) is 2.02. The number of nitrogens with two attached hydrogens (primary N) is 1. The largest absolute Gasteiger partial charge is 0.393 e. The van der Waals surface area contributed by atoms with E-state index in [0.29, 0.717) is 30.4 Å². The summed E-state index contributed by atoms with van der Waals surface area (Å²) in [6.07, 6.45) is 6.39. The van der Waals surface area contributed by atoms with Crippen molar-refractivity contribution in [3.05, 3.63) is 0 Å². The molecule has 116 valence electrons. The maximum Gasteiger partial charge on any atom is 0.223 e. The molecular formula is C15H29N3OS. The van der Waals surface area contributed by atoms with Crippen LogP contribution in [0.5, 0.6) is 0 Å². The molecule has 4 nitrogen and oxygen atoms in total. The summed E-state index contributed by atoms with van der Waals surface area (Å²) in [4.78, 5) is 16.6. The average Bonchev–Trinajstić information content (AvgIpc) is 2.41. The monoisotopic (exact) mass is 299 g/mol. The van der Waals surface area contributed by atoms with Crippen LogP contribution in [0.15, 0.2) is 0 Å². The molecule has 1 rings (SSSR count). The molecule has 1 amide bonds. The number of amides is 1. The lowest BCUT2D eigenvalue weighted by Gasteiger charge is -2.34. The van der Waals surface area contributed by atoms with Crippen LogP contribution in [0.25, 0.3) is 0 Å². The zero-order valence-corrected chi connectivity index (χ0v) is 13.9. The van der Waals surface area contributed by atoms with Crippen LogP contribution in [-0.2, 0) is 4.79 Å². The Kier molecular flexibility index (Phi) is 7.45. The maximum absolute atomic E-state index is 12.0. The van der Waals surface area contributed by atoms with Gasteiger partial charge in [0.1, 0.15) is 0 Å². The van der Waals surface area contributed by atoms with E-state index in [2.05, 4.69) is 18.9 Å². The van der Waals surface area contributed by atoms with E-state index in [0.717, 1.165) is 12.5 Å². The predicted molar refractivity (Wildman–Crippen MR) is 87.7 cm³/mol. The summed E-state index contributed by atoms with van der Waals surface area (Å²) in [6.45, 7) is 3.79. The average molecular weight is 299 g/mol. The maximum atomic E-state index is 12.0. The summed E-state index contributed by atoms with van der Waals surface area (Å²) in [7, 11) is 3.97. The fourth-order valence-electron chi connectivity index (χ4n) is 2.85. The molecule has 2 atom stereocenters. The van der Waals surface area contributed by atoms with Crippen molar-refractivity contribution in [3.63, 3.8) is 0 Å². The quantitative estimate of drug-likeness (QED) is 0.731. The van der Waals surface area contributed by atoms with E-state index in [4.69, 9.17) is 18.0 Å². The second-order valence-corrected chi connectivity index (χ2v) is 6.71.